The van der Waals surface area contributed by atoms with E-state index in [-0.39, 0.29) is 5.78 Å². The standard InChI is InChI=1S/C18H15NO2S/c1-21-17-10-6-5-9-14(17)15-12-22-18(19-15)11-16(20)13-7-3-2-4-8-13/h2-10,12H,11H2,1H3. The molecule has 0 aliphatic carbocycles. The van der Waals surface area contributed by atoms with Crippen LogP contribution in [0.2, 0.25) is 0 Å². The van der Waals surface area contributed by atoms with Crippen LogP contribution in [0, 0.1) is 0 Å². The van der Waals surface area contributed by atoms with E-state index in [1.807, 2.05) is 60.0 Å². The number of nitrogens with zero attached hydrogens (tertiary/aromatic N) is 1. The first-order valence-corrected chi connectivity index (χ1v) is 7.82. The predicted octanol–water partition coefficient (Wildman–Crippen LogP) is 4.24. The van der Waals surface area contributed by atoms with Crippen molar-refractivity contribution in [2.75, 3.05) is 7.11 Å². The molecule has 0 amide bonds. The highest BCUT2D eigenvalue weighted by atomic mass is 32.1. The second kappa shape index (κ2) is 6.54. The fraction of sp³-hybridized carbons (Fsp3) is 0.111. The lowest BCUT2D eigenvalue weighted by Crippen LogP contribution is -2.02. The van der Waals surface area contributed by atoms with E-state index in [9.17, 15) is 4.79 Å². The van der Waals surface area contributed by atoms with Gasteiger partial charge in [-0.25, -0.2) is 4.98 Å². The molecule has 0 bridgehead atoms. The van der Waals surface area contributed by atoms with Crippen LogP contribution in [0.3, 0.4) is 0 Å². The maximum atomic E-state index is 12.2. The molecule has 2 aromatic carbocycles. The molecule has 0 fully saturated rings. The van der Waals surface area contributed by atoms with E-state index in [1.54, 1.807) is 7.11 Å². The molecule has 0 saturated heterocycles. The minimum Gasteiger partial charge on any atom is -0.496 e. The number of para-hydroxylation sites is 1. The Morgan fingerprint density at radius 2 is 1.82 bits per heavy atom. The summed E-state index contributed by atoms with van der Waals surface area (Å²) >= 11 is 1.50. The van der Waals surface area contributed by atoms with Crippen molar-refractivity contribution >= 4 is 17.1 Å². The number of ether oxygens (including phenoxy) is 1. The number of ketones is 1. The first-order valence-electron chi connectivity index (χ1n) is 6.94. The number of carbonyl (C=O) groups is 1. The van der Waals surface area contributed by atoms with Crippen LogP contribution < -0.4 is 4.74 Å². The van der Waals surface area contributed by atoms with Crippen LogP contribution in [0.4, 0.5) is 0 Å². The molecule has 1 heterocycles. The zero-order valence-electron chi connectivity index (χ0n) is 12.2. The van der Waals surface area contributed by atoms with Gasteiger partial charge in [0.05, 0.1) is 19.2 Å². The Bertz CT molecular complexity index is 781. The Labute approximate surface area is 133 Å². The van der Waals surface area contributed by atoms with Gasteiger partial charge >= 0.3 is 0 Å². The van der Waals surface area contributed by atoms with E-state index < -0.39 is 0 Å². The monoisotopic (exact) mass is 309 g/mol. The van der Waals surface area contributed by atoms with Gasteiger partial charge in [0.15, 0.2) is 5.78 Å². The lowest BCUT2D eigenvalue weighted by Gasteiger charge is -2.04. The molecule has 0 saturated carbocycles. The van der Waals surface area contributed by atoms with Crippen LogP contribution in [-0.2, 0) is 6.42 Å². The largest absolute Gasteiger partial charge is 0.496 e. The van der Waals surface area contributed by atoms with Crippen molar-refractivity contribution in [2.24, 2.45) is 0 Å². The topological polar surface area (TPSA) is 39.2 Å². The number of aromatic nitrogens is 1. The lowest BCUT2D eigenvalue weighted by atomic mass is 10.1. The summed E-state index contributed by atoms with van der Waals surface area (Å²) < 4.78 is 5.36. The molecule has 4 heteroatoms. The van der Waals surface area contributed by atoms with Gasteiger partial charge in [-0.3, -0.25) is 4.79 Å². The number of methoxy groups -OCH3 is 1. The fourth-order valence-electron chi connectivity index (χ4n) is 2.24. The Kier molecular flexibility index (Phi) is 4.30. The molecule has 0 radical (unpaired) electrons. The Hall–Kier alpha value is -2.46. The van der Waals surface area contributed by atoms with Crippen molar-refractivity contribution in [1.29, 1.82) is 0 Å². The third-order valence-corrected chi connectivity index (χ3v) is 4.19. The molecule has 0 N–H and O–H groups in total. The first-order chi connectivity index (χ1) is 10.8. The summed E-state index contributed by atoms with van der Waals surface area (Å²) in [5.74, 6) is 0.871. The molecule has 3 nitrogen and oxygen atoms in total. The van der Waals surface area contributed by atoms with Crippen LogP contribution in [0.25, 0.3) is 11.3 Å². The summed E-state index contributed by atoms with van der Waals surface area (Å²) in [7, 11) is 1.64. The van der Waals surface area contributed by atoms with Crippen molar-refractivity contribution in [3.05, 3.63) is 70.5 Å². The molecule has 0 spiro atoms. The van der Waals surface area contributed by atoms with Gasteiger partial charge in [0.2, 0.25) is 0 Å². The predicted molar refractivity (Wildman–Crippen MR) is 88.6 cm³/mol. The smallest absolute Gasteiger partial charge is 0.169 e. The summed E-state index contributed by atoms with van der Waals surface area (Å²) in [6.45, 7) is 0. The Morgan fingerprint density at radius 1 is 1.09 bits per heavy atom. The number of carbonyl (C=O) groups excluding carboxylic acids is 1. The van der Waals surface area contributed by atoms with E-state index in [2.05, 4.69) is 4.98 Å². The summed E-state index contributed by atoms with van der Waals surface area (Å²) in [4.78, 5) is 16.8. The average Bonchev–Trinajstić information content (AvgIpc) is 3.04. The molecular formula is C18H15NO2S. The molecule has 3 aromatic rings. The molecule has 0 aliphatic heterocycles. The maximum Gasteiger partial charge on any atom is 0.169 e. The molecular weight excluding hydrogens is 294 g/mol. The minimum absolute atomic E-state index is 0.0847. The normalized spacial score (nSPS) is 10.4. The molecule has 0 unspecified atom stereocenters. The number of benzene rings is 2. The zero-order valence-corrected chi connectivity index (χ0v) is 13.0. The number of hydrogen-bond donors (Lipinski definition) is 0. The number of hydrogen-bond acceptors (Lipinski definition) is 4. The van der Waals surface area contributed by atoms with Gasteiger partial charge in [0.25, 0.3) is 0 Å². The van der Waals surface area contributed by atoms with Crippen molar-refractivity contribution in [3.63, 3.8) is 0 Å². The first kappa shape index (κ1) is 14.5. The molecule has 0 aliphatic rings. The van der Waals surface area contributed by atoms with E-state index in [4.69, 9.17) is 4.74 Å². The molecule has 0 atom stereocenters. The van der Waals surface area contributed by atoms with E-state index in [0.717, 1.165) is 27.6 Å². The summed E-state index contributed by atoms with van der Waals surface area (Å²) in [6, 6.07) is 17.1. The van der Waals surface area contributed by atoms with Gasteiger partial charge in [-0.1, -0.05) is 42.5 Å². The summed E-state index contributed by atoms with van der Waals surface area (Å²) in [5, 5.41) is 2.78. The Balaban J connectivity index is 1.81. The van der Waals surface area contributed by atoms with Crippen molar-refractivity contribution in [2.45, 2.75) is 6.42 Å². The number of Topliss-reactive ketones (excluding diaryl/α,β-unsaturated/α-hetero) is 1. The van der Waals surface area contributed by atoms with E-state index in [0.29, 0.717) is 6.42 Å². The lowest BCUT2D eigenvalue weighted by molar-refractivity contribution is 0.0993. The third kappa shape index (κ3) is 3.07. The zero-order chi connectivity index (χ0) is 15.4. The van der Waals surface area contributed by atoms with Gasteiger partial charge in [-0.2, -0.15) is 0 Å². The van der Waals surface area contributed by atoms with E-state index in [1.165, 1.54) is 11.3 Å². The fourth-order valence-corrected chi connectivity index (χ4v) is 3.03. The third-order valence-electron chi connectivity index (χ3n) is 3.34. The maximum absolute atomic E-state index is 12.2. The highest BCUT2D eigenvalue weighted by Gasteiger charge is 2.12. The quantitative estimate of drug-likeness (QED) is 0.662. The number of rotatable bonds is 5. The Morgan fingerprint density at radius 3 is 2.59 bits per heavy atom. The summed E-state index contributed by atoms with van der Waals surface area (Å²) in [5.41, 5.74) is 2.51. The van der Waals surface area contributed by atoms with Crippen molar-refractivity contribution < 1.29 is 9.53 Å². The van der Waals surface area contributed by atoms with Crippen LogP contribution in [0.1, 0.15) is 15.4 Å². The van der Waals surface area contributed by atoms with Crippen LogP contribution in [-0.4, -0.2) is 17.9 Å². The van der Waals surface area contributed by atoms with Gasteiger partial charge in [0, 0.05) is 16.5 Å². The minimum atomic E-state index is 0.0847. The summed E-state index contributed by atoms with van der Waals surface area (Å²) in [6.07, 6.45) is 0.323. The highest BCUT2D eigenvalue weighted by molar-refractivity contribution is 7.10. The van der Waals surface area contributed by atoms with Crippen molar-refractivity contribution in [3.8, 4) is 17.0 Å². The highest BCUT2D eigenvalue weighted by Crippen LogP contribution is 2.30. The number of thiazole rings is 1. The molecule has 22 heavy (non-hydrogen) atoms. The molecule has 3 rings (SSSR count). The van der Waals surface area contributed by atoms with E-state index >= 15 is 0 Å². The second-order valence-electron chi connectivity index (χ2n) is 4.79. The van der Waals surface area contributed by atoms with Crippen molar-refractivity contribution in [1.82, 2.24) is 4.98 Å². The van der Waals surface area contributed by atoms with Gasteiger partial charge in [0.1, 0.15) is 10.8 Å². The SMILES string of the molecule is COc1ccccc1-c1csc(CC(=O)c2ccccc2)n1. The van der Waals surface area contributed by atoms with Gasteiger partial charge < -0.3 is 4.74 Å². The van der Waals surface area contributed by atoms with Gasteiger partial charge in [-0.05, 0) is 12.1 Å². The second-order valence-corrected chi connectivity index (χ2v) is 5.74. The average molecular weight is 309 g/mol. The van der Waals surface area contributed by atoms with Crippen LogP contribution >= 0.6 is 11.3 Å². The van der Waals surface area contributed by atoms with Crippen LogP contribution in [0.15, 0.2) is 60.0 Å². The molecule has 1 aromatic heterocycles. The van der Waals surface area contributed by atoms with Gasteiger partial charge in [-0.15, -0.1) is 11.3 Å². The molecule has 110 valence electrons. The van der Waals surface area contributed by atoms with Crippen LogP contribution in [0.5, 0.6) is 5.75 Å².